The average Bonchev–Trinajstić information content (AvgIpc) is 3.22. The summed E-state index contributed by atoms with van der Waals surface area (Å²) in [5.74, 6) is -1.45. The average molecular weight is 426 g/mol. The van der Waals surface area contributed by atoms with Crippen LogP contribution in [0, 0.1) is 5.92 Å². The summed E-state index contributed by atoms with van der Waals surface area (Å²) in [6.45, 7) is 4.85. The van der Waals surface area contributed by atoms with Gasteiger partial charge in [-0.2, -0.15) is 0 Å². The molecule has 30 heavy (non-hydrogen) atoms. The van der Waals surface area contributed by atoms with Crippen LogP contribution in [0.15, 0.2) is 53.9 Å². The van der Waals surface area contributed by atoms with Gasteiger partial charge in [0.25, 0.3) is 0 Å². The summed E-state index contributed by atoms with van der Waals surface area (Å²) < 4.78 is 11.3. The molecule has 0 fully saturated rings. The number of aliphatic carboxylic acids is 1. The number of ketones is 1. The van der Waals surface area contributed by atoms with Crippen molar-refractivity contribution in [1.29, 1.82) is 0 Å². The largest absolute Gasteiger partial charge is 0.490 e. The van der Waals surface area contributed by atoms with Crippen molar-refractivity contribution in [2.45, 2.75) is 20.3 Å². The maximum atomic E-state index is 12.6. The van der Waals surface area contributed by atoms with Gasteiger partial charge in [-0.05, 0) is 32.0 Å². The molecule has 0 aliphatic carbocycles. The van der Waals surface area contributed by atoms with Crippen molar-refractivity contribution in [1.82, 2.24) is 4.98 Å². The molecule has 3 rings (SSSR count). The second-order valence-electron chi connectivity index (χ2n) is 6.50. The first-order valence-corrected chi connectivity index (χ1v) is 10.6. The summed E-state index contributed by atoms with van der Waals surface area (Å²) in [5.41, 5.74) is 1.80. The molecule has 0 aliphatic rings. The molecule has 0 saturated carbocycles. The number of benzene rings is 2. The Morgan fingerprint density at radius 3 is 2.40 bits per heavy atom. The van der Waals surface area contributed by atoms with Crippen molar-refractivity contribution in [2.24, 2.45) is 5.92 Å². The first-order chi connectivity index (χ1) is 14.5. The number of hydrogen-bond acceptors (Lipinski definition) is 6. The van der Waals surface area contributed by atoms with Crippen LogP contribution in [0.4, 0.5) is 0 Å². The number of carboxylic acid groups (broad SMARTS) is 1. The van der Waals surface area contributed by atoms with Crippen molar-refractivity contribution in [3.63, 3.8) is 0 Å². The van der Waals surface area contributed by atoms with Crippen LogP contribution in [0.2, 0.25) is 0 Å². The molecule has 0 radical (unpaired) electrons. The maximum absolute atomic E-state index is 12.6. The number of carbonyl (C=O) groups excluding carboxylic acids is 1. The lowest BCUT2D eigenvalue weighted by Gasteiger charge is -2.11. The van der Waals surface area contributed by atoms with Crippen molar-refractivity contribution in [2.75, 3.05) is 13.2 Å². The number of thiazole rings is 1. The highest BCUT2D eigenvalue weighted by atomic mass is 32.1. The predicted octanol–water partition coefficient (Wildman–Crippen LogP) is 4.73. The number of hydrogen-bond donors (Lipinski definition) is 1. The molecule has 1 N–H and O–H groups in total. The van der Waals surface area contributed by atoms with Crippen LogP contribution in [0.25, 0.3) is 10.6 Å². The zero-order valence-electron chi connectivity index (χ0n) is 16.8. The number of Topliss-reactive ketones (excluding diaryl/α,β-unsaturated/α-hetero) is 1. The van der Waals surface area contributed by atoms with Crippen molar-refractivity contribution >= 4 is 23.1 Å². The van der Waals surface area contributed by atoms with Gasteiger partial charge in [0, 0.05) is 22.9 Å². The number of aromatic nitrogens is 1. The molecule has 1 heterocycles. The zero-order chi connectivity index (χ0) is 21.5. The summed E-state index contributed by atoms with van der Waals surface area (Å²) in [5, 5.41) is 12.1. The maximum Gasteiger partial charge on any atom is 0.314 e. The molecule has 0 amide bonds. The monoisotopic (exact) mass is 425 g/mol. The summed E-state index contributed by atoms with van der Waals surface area (Å²) >= 11 is 1.40. The molecule has 1 aromatic heterocycles. The van der Waals surface area contributed by atoms with E-state index in [4.69, 9.17) is 9.47 Å². The van der Waals surface area contributed by atoms with E-state index in [1.807, 2.05) is 32.0 Å². The van der Waals surface area contributed by atoms with Gasteiger partial charge in [-0.1, -0.05) is 30.3 Å². The quantitative estimate of drug-likeness (QED) is 0.373. The van der Waals surface area contributed by atoms with E-state index in [-0.39, 0.29) is 6.42 Å². The molecule has 0 spiro atoms. The lowest BCUT2D eigenvalue weighted by Crippen LogP contribution is -2.26. The Labute approximate surface area is 179 Å². The Kier molecular flexibility index (Phi) is 7.19. The fourth-order valence-corrected chi connectivity index (χ4v) is 3.85. The highest BCUT2D eigenvalue weighted by Gasteiger charge is 2.28. The van der Waals surface area contributed by atoms with E-state index < -0.39 is 17.7 Å². The second kappa shape index (κ2) is 10.0. The van der Waals surface area contributed by atoms with Crippen LogP contribution in [-0.4, -0.2) is 35.1 Å². The van der Waals surface area contributed by atoms with E-state index in [0.29, 0.717) is 36.0 Å². The van der Waals surface area contributed by atoms with Crippen molar-refractivity contribution in [3.8, 4) is 22.1 Å². The van der Waals surface area contributed by atoms with E-state index in [0.717, 1.165) is 10.6 Å². The third-order valence-corrected chi connectivity index (χ3v) is 5.37. The van der Waals surface area contributed by atoms with Crippen LogP contribution in [0.1, 0.15) is 29.9 Å². The van der Waals surface area contributed by atoms with Gasteiger partial charge in [0.05, 0.1) is 18.9 Å². The Morgan fingerprint density at radius 2 is 1.73 bits per heavy atom. The number of carbonyl (C=O) groups is 2. The van der Waals surface area contributed by atoms with Gasteiger partial charge in [0.1, 0.15) is 10.9 Å². The van der Waals surface area contributed by atoms with E-state index in [2.05, 4.69) is 4.98 Å². The lowest BCUT2D eigenvalue weighted by atomic mass is 9.93. The normalized spacial score (nSPS) is 11.7. The van der Waals surface area contributed by atoms with Gasteiger partial charge >= 0.3 is 5.97 Å². The van der Waals surface area contributed by atoms with Gasteiger partial charge < -0.3 is 14.6 Å². The minimum atomic E-state index is -1.18. The molecule has 1 unspecified atom stereocenters. The SMILES string of the molecule is CCOc1ccc(-c2nc(CC(C(=O)O)C(=O)c3ccccc3)cs2)cc1OCC. The lowest BCUT2D eigenvalue weighted by molar-refractivity contribution is -0.139. The topological polar surface area (TPSA) is 85.7 Å². The zero-order valence-corrected chi connectivity index (χ0v) is 17.6. The molecule has 0 bridgehead atoms. The summed E-state index contributed by atoms with van der Waals surface area (Å²) in [6.07, 6.45) is 0.0366. The Morgan fingerprint density at radius 1 is 1.03 bits per heavy atom. The molecule has 0 aliphatic heterocycles. The van der Waals surface area contributed by atoms with Crippen LogP contribution >= 0.6 is 11.3 Å². The third kappa shape index (κ3) is 5.04. The molecule has 7 heteroatoms. The molecule has 156 valence electrons. The van der Waals surface area contributed by atoms with E-state index in [1.54, 1.807) is 35.7 Å². The molecule has 2 aromatic carbocycles. The molecule has 3 aromatic rings. The van der Waals surface area contributed by atoms with Crippen molar-refractivity contribution < 1.29 is 24.2 Å². The minimum absolute atomic E-state index is 0.0366. The summed E-state index contributed by atoms with van der Waals surface area (Å²) in [4.78, 5) is 28.9. The van der Waals surface area contributed by atoms with E-state index >= 15 is 0 Å². The van der Waals surface area contributed by atoms with Gasteiger partial charge in [0.2, 0.25) is 0 Å². The fourth-order valence-electron chi connectivity index (χ4n) is 3.02. The van der Waals surface area contributed by atoms with Crippen LogP contribution < -0.4 is 9.47 Å². The van der Waals surface area contributed by atoms with Gasteiger partial charge in [-0.15, -0.1) is 11.3 Å². The predicted molar refractivity (Wildman–Crippen MR) is 115 cm³/mol. The van der Waals surface area contributed by atoms with Gasteiger partial charge in [-0.25, -0.2) is 4.98 Å². The molecule has 6 nitrogen and oxygen atoms in total. The fraction of sp³-hybridized carbons (Fsp3) is 0.261. The summed E-state index contributed by atoms with van der Waals surface area (Å²) in [6, 6.07) is 14.1. The van der Waals surface area contributed by atoms with E-state index in [1.165, 1.54) is 11.3 Å². The number of rotatable bonds is 10. The third-order valence-electron chi connectivity index (χ3n) is 4.43. The Hall–Kier alpha value is -3.19. The number of nitrogens with zero attached hydrogens (tertiary/aromatic N) is 1. The van der Waals surface area contributed by atoms with Crippen LogP contribution in [0.3, 0.4) is 0 Å². The Bertz CT molecular complexity index is 1020. The van der Waals surface area contributed by atoms with Gasteiger partial charge in [-0.3, -0.25) is 9.59 Å². The second-order valence-corrected chi connectivity index (χ2v) is 7.35. The van der Waals surface area contributed by atoms with Crippen LogP contribution in [-0.2, 0) is 11.2 Å². The number of carboxylic acids is 1. The highest BCUT2D eigenvalue weighted by Crippen LogP contribution is 2.34. The first kappa shape index (κ1) is 21.5. The Balaban J connectivity index is 1.82. The minimum Gasteiger partial charge on any atom is -0.490 e. The van der Waals surface area contributed by atoms with E-state index in [9.17, 15) is 14.7 Å². The number of ether oxygens (including phenoxy) is 2. The molecular formula is C23H23NO5S. The first-order valence-electron chi connectivity index (χ1n) is 9.70. The molecule has 1 atom stereocenters. The molecule has 0 saturated heterocycles. The molecular weight excluding hydrogens is 402 g/mol. The standard InChI is InChI=1S/C23H23NO5S/c1-3-28-19-11-10-16(12-20(19)29-4-2)22-24-17(14-30-22)13-18(23(26)27)21(25)15-8-6-5-7-9-15/h5-12,14,18H,3-4,13H2,1-2H3,(H,26,27). The van der Waals surface area contributed by atoms with Crippen molar-refractivity contribution in [3.05, 3.63) is 65.2 Å². The van der Waals surface area contributed by atoms with Crippen LogP contribution in [0.5, 0.6) is 11.5 Å². The summed E-state index contributed by atoms with van der Waals surface area (Å²) in [7, 11) is 0. The van der Waals surface area contributed by atoms with Gasteiger partial charge in [0.15, 0.2) is 17.3 Å². The smallest absolute Gasteiger partial charge is 0.314 e. The highest BCUT2D eigenvalue weighted by molar-refractivity contribution is 7.13.